The van der Waals surface area contributed by atoms with Crippen LogP contribution in [-0.2, 0) is 0 Å². The number of fused-ring (bicyclic) bond motifs is 2. The molecule has 0 heterocycles. The van der Waals surface area contributed by atoms with E-state index in [1.165, 1.54) is 31.7 Å². The number of hydrogen-bond donors (Lipinski definition) is 1. The summed E-state index contributed by atoms with van der Waals surface area (Å²) in [4.78, 5) is 0. The molecular formula is C16H21FO. The molecule has 1 N–H and O–H groups in total. The van der Waals surface area contributed by atoms with Crippen molar-refractivity contribution in [3.05, 3.63) is 35.1 Å². The highest BCUT2D eigenvalue weighted by molar-refractivity contribution is 5.25. The highest BCUT2D eigenvalue weighted by Gasteiger charge is 2.40. The van der Waals surface area contributed by atoms with Crippen molar-refractivity contribution in [1.82, 2.24) is 0 Å². The smallest absolute Gasteiger partial charge is 0.129 e. The van der Waals surface area contributed by atoms with E-state index in [4.69, 9.17) is 0 Å². The lowest BCUT2D eigenvalue weighted by Gasteiger charge is -2.24. The van der Waals surface area contributed by atoms with Gasteiger partial charge in [0.25, 0.3) is 0 Å². The zero-order valence-corrected chi connectivity index (χ0v) is 10.9. The van der Waals surface area contributed by atoms with Crippen molar-refractivity contribution >= 4 is 0 Å². The zero-order chi connectivity index (χ0) is 12.7. The summed E-state index contributed by atoms with van der Waals surface area (Å²) in [6.45, 7) is 1.87. The molecule has 98 valence electrons. The van der Waals surface area contributed by atoms with Crippen molar-refractivity contribution in [3.8, 4) is 0 Å². The van der Waals surface area contributed by atoms with Crippen LogP contribution in [0.5, 0.6) is 0 Å². The van der Waals surface area contributed by atoms with Gasteiger partial charge < -0.3 is 5.11 Å². The maximum absolute atomic E-state index is 13.8. The van der Waals surface area contributed by atoms with E-state index >= 15 is 0 Å². The zero-order valence-electron chi connectivity index (χ0n) is 10.9. The Hall–Kier alpha value is -0.890. The van der Waals surface area contributed by atoms with Crippen LogP contribution in [0.4, 0.5) is 4.39 Å². The van der Waals surface area contributed by atoms with Crippen LogP contribution >= 0.6 is 0 Å². The van der Waals surface area contributed by atoms with Gasteiger partial charge >= 0.3 is 0 Å². The largest absolute Gasteiger partial charge is 0.388 e. The van der Waals surface area contributed by atoms with Gasteiger partial charge in [-0.3, -0.25) is 0 Å². The molecule has 18 heavy (non-hydrogen) atoms. The second-order valence-corrected chi connectivity index (χ2v) is 6.21. The third kappa shape index (κ3) is 2.18. The van der Waals surface area contributed by atoms with E-state index in [0.717, 1.165) is 23.8 Å². The van der Waals surface area contributed by atoms with Crippen molar-refractivity contribution < 1.29 is 9.50 Å². The molecular weight excluding hydrogens is 227 g/mol. The molecule has 2 aliphatic carbocycles. The standard InChI is InChI=1S/C16H21FO/c1-10-2-5-14(15(17)6-10)16(18)9-13-8-11-3-4-12(13)7-11/h2,5-6,11-13,16,18H,3-4,7-9H2,1H3. The first-order chi connectivity index (χ1) is 8.63. The molecule has 0 amide bonds. The van der Waals surface area contributed by atoms with Gasteiger partial charge in [-0.1, -0.05) is 18.6 Å². The molecule has 0 aromatic heterocycles. The molecule has 0 radical (unpaired) electrons. The van der Waals surface area contributed by atoms with Crippen molar-refractivity contribution in [2.45, 2.75) is 45.1 Å². The lowest BCUT2D eigenvalue weighted by molar-refractivity contribution is 0.122. The molecule has 1 aromatic carbocycles. The van der Waals surface area contributed by atoms with Crippen LogP contribution in [0.1, 0.15) is 49.3 Å². The SMILES string of the molecule is Cc1ccc(C(O)CC2CC3CCC2C3)c(F)c1. The number of aliphatic hydroxyl groups is 1. The number of rotatable bonds is 3. The summed E-state index contributed by atoms with van der Waals surface area (Å²) >= 11 is 0. The molecule has 4 unspecified atom stereocenters. The summed E-state index contributed by atoms with van der Waals surface area (Å²) in [6.07, 6.45) is 5.38. The number of aryl methyl sites for hydroxylation is 1. The summed E-state index contributed by atoms with van der Waals surface area (Å²) in [5.74, 6) is 2.03. The van der Waals surface area contributed by atoms with E-state index in [1.54, 1.807) is 6.07 Å². The normalized spacial score (nSPS) is 31.8. The van der Waals surface area contributed by atoms with Gasteiger partial charge in [0, 0.05) is 5.56 Å². The lowest BCUT2D eigenvalue weighted by atomic mass is 9.83. The van der Waals surface area contributed by atoms with Crippen molar-refractivity contribution in [2.24, 2.45) is 17.8 Å². The predicted octanol–water partition coefficient (Wildman–Crippen LogP) is 3.99. The van der Waals surface area contributed by atoms with Crippen LogP contribution in [0.3, 0.4) is 0 Å². The fourth-order valence-electron chi connectivity index (χ4n) is 3.98. The Morgan fingerprint density at radius 2 is 2.17 bits per heavy atom. The minimum absolute atomic E-state index is 0.259. The van der Waals surface area contributed by atoms with E-state index in [-0.39, 0.29) is 5.82 Å². The number of benzene rings is 1. The third-order valence-electron chi connectivity index (χ3n) is 4.93. The summed E-state index contributed by atoms with van der Waals surface area (Å²) in [5.41, 5.74) is 1.38. The van der Waals surface area contributed by atoms with Gasteiger partial charge in [-0.15, -0.1) is 0 Å². The maximum atomic E-state index is 13.8. The second kappa shape index (κ2) is 4.65. The first-order valence-corrected chi connectivity index (χ1v) is 7.07. The minimum Gasteiger partial charge on any atom is -0.388 e. The van der Waals surface area contributed by atoms with E-state index in [1.807, 2.05) is 13.0 Å². The Labute approximate surface area is 108 Å². The van der Waals surface area contributed by atoms with Gasteiger partial charge in [-0.25, -0.2) is 4.39 Å². The Bertz CT molecular complexity index is 443. The van der Waals surface area contributed by atoms with E-state index < -0.39 is 6.10 Å². The van der Waals surface area contributed by atoms with E-state index in [0.29, 0.717) is 11.5 Å². The van der Waals surface area contributed by atoms with Gasteiger partial charge in [-0.05, 0) is 62.0 Å². The molecule has 2 aliphatic rings. The summed E-state index contributed by atoms with van der Waals surface area (Å²) in [6, 6.07) is 5.13. The first-order valence-electron chi connectivity index (χ1n) is 7.07. The molecule has 2 bridgehead atoms. The Kier molecular flexibility index (Phi) is 3.14. The van der Waals surface area contributed by atoms with Crippen LogP contribution in [0.15, 0.2) is 18.2 Å². The Balaban J connectivity index is 1.69. The van der Waals surface area contributed by atoms with Gasteiger partial charge in [0.2, 0.25) is 0 Å². The minimum atomic E-state index is -0.630. The molecule has 3 rings (SSSR count). The van der Waals surface area contributed by atoms with Gasteiger partial charge in [0.15, 0.2) is 0 Å². The first kappa shape index (κ1) is 12.2. The monoisotopic (exact) mass is 248 g/mol. The van der Waals surface area contributed by atoms with Crippen molar-refractivity contribution in [2.75, 3.05) is 0 Å². The van der Waals surface area contributed by atoms with E-state index in [9.17, 15) is 9.50 Å². The predicted molar refractivity (Wildman–Crippen MR) is 69.7 cm³/mol. The van der Waals surface area contributed by atoms with Crippen molar-refractivity contribution in [3.63, 3.8) is 0 Å². The average molecular weight is 248 g/mol. The number of aliphatic hydroxyl groups excluding tert-OH is 1. The van der Waals surface area contributed by atoms with Gasteiger partial charge in [0.1, 0.15) is 5.82 Å². The topological polar surface area (TPSA) is 20.2 Å². The van der Waals surface area contributed by atoms with Crippen LogP contribution in [0.2, 0.25) is 0 Å². The number of hydrogen-bond acceptors (Lipinski definition) is 1. The Morgan fingerprint density at radius 1 is 1.33 bits per heavy atom. The Morgan fingerprint density at radius 3 is 2.78 bits per heavy atom. The average Bonchev–Trinajstić information content (AvgIpc) is 2.90. The van der Waals surface area contributed by atoms with Crippen LogP contribution in [0.25, 0.3) is 0 Å². The second-order valence-electron chi connectivity index (χ2n) is 6.21. The summed E-state index contributed by atoms with van der Waals surface area (Å²) < 4.78 is 13.8. The summed E-state index contributed by atoms with van der Waals surface area (Å²) in [5, 5.41) is 10.2. The molecule has 4 atom stereocenters. The van der Waals surface area contributed by atoms with Gasteiger partial charge in [0.05, 0.1) is 6.10 Å². The molecule has 0 saturated heterocycles. The number of halogens is 1. The van der Waals surface area contributed by atoms with E-state index in [2.05, 4.69) is 0 Å². The third-order valence-corrected chi connectivity index (χ3v) is 4.93. The highest BCUT2D eigenvalue weighted by atomic mass is 19.1. The van der Waals surface area contributed by atoms with Crippen LogP contribution in [0, 0.1) is 30.5 Å². The fourth-order valence-corrected chi connectivity index (χ4v) is 3.98. The van der Waals surface area contributed by atoms with Crippen molar-refractivity contribution in [1.29, 1.82) is 0 Å². The molecule has 0 spiro atoms. The molecule has 2 saturated carbocycles. The summed E-state index contributed by atoms with van der Waals surface area (Å²) in [7, 11) is 0. The molecule has 0 aliphatic heterocycles. The molecule has 1 nitrogen and oxygen atoms in total. The fraction of sp³-hybridized carbons (Fsp3) is 0.625. The van der Waals surface area contributed by atoms with Crippen LogP contribution < -0.4 is 0 Å². The maximum Gasteiger partial charge on any atom is 0.129 e. The quantitative estimate of drug-likeness (QED) is 0.857. The molecule has 1 aromatic rings. The lowest BCUT2D eigenvalue weighted by Crippen LogP contribution is -2.15. The molecule has 2 heteroatoms. The highest BCUT2D eigenvalue weighted by Crippen LogP contribution is 2.51. The van der Waals surface area contributed by atoms with Crippen LogP contribution in [-0.4, -0.2) is 5.11 Å². The van der Waals surface area contributed by atoms with Gasteiger partial charge in [-0.2, -0.15) is 0 Å². The molecule has 2 fully saturated rings.